The van der Waals surface area contributed by atoms with Gasteiger partial charge in [0.15, 0.2) is 0 Å². The molecule has 98 valence electrons. The number of carbonyl (C=O) groups is 1. The first kappa shape index (κ1) is 12.6. The van der Waals surface area contributed by atoms with Crippen molar-refractivity contribution in [2.24, 2.45) is 0 Å². The van der Waals surface area contributed by atoms with Crippen LogP contribution in [0.5, 0.6) is 0 Å². The largest absolute Gasteiger partial charge is 0.443 e. The van der Waals surface area contributed by atoms with Gasteiger partial charge in [0.25, 0.3) is 0 Å². The van der Waals surface area contributed by atoms with Crippen LogP contribution in [-0.2, 0) is 19.2 Å². The van der Waals surface area contributed by atoms with Crippen LogP contribution in [0.15, 0.2) is 0 Å². The van der Waals surface area contributed by atoms with Crippen molar-refractivity contribution in [1.82, 2.24) is 4.31 Å². The zero-order chi connectivity index (χ0) is 12.8. The van der Waals surface area contributed by atoms with Gasteiger partial charge in [-0.15, -0.1) is 0 Å². The van der Waals surface area contributed by atoms with Gasteiger partial charge in [-0.05, 0) is 40.0 Å². The van der Waals surface area contributed by atoms with Crippen molar-refractivity contribution in [2.75, 3.05) is 0 Å². The lowest BCUT2D eigenvalue weighted by Gasteiger charge is -2.25. The number of nitrogens with zero attached hydrogens (tertiary/aromatic N) is 1. The molecule has 1 saturated heterocycles. The Labute approximate surface area is 101 Å². The molecule has 1 amide bonds. The lowest BCUT2D eigenvalue weighted by molar-refractivity contribution is 0.0348. The molecule has 0 aromatic carbocycles. The molecule has 0 aromatic heterocycles. The van der Waals surface area contributed by atoms with Gasteiger partial charge in [-0.3, -0.25) is 0 Å². The molecule has 0 bridgehead atoms. The lowest BCUT2D eigenvalue weighted by Crippen LogP contribution is -2.42. The van der Waals surface area contributed by atoms with E-state index < -0.39 is 34.1 Å². The number of ether oxygens (including phenoxy) is 1. The maximum atomic E-state index is 11.9. The minimum Gasteiger partial charge on any atom is -0.443 e. The van der Waals surface area contributed by atoms with Crippen molar-refractivity contribution in [3.8, 4) is 0 Å². The zero-order valence-electron chi connectivity index (χ0n) is 10.2. The Kier molecular flexibility index (Phi) is 2.86. The van der Waals surface area contributed by atoms with Gasteiger partial charge in [-0.25, -0.2) is 8.98 Å². The number of fused-ring (bicyclic) bond motifs is 1. The molecule has 0 aromatic rings. The average molecular weight is 263 g/mol. The number of amides is 1. The van der Waals surface area contributed by atoms with E-state index in [-0.39, 0.29) is 0 Å². The van der Waals surface area contributed by atoms with Crippen molar-refractivity contribution in [1.29, 1.82) is 0 Å². The molecule has 1 saturated carbocycles. The summed E-state index contributed by atoms with van der Waals surface area (Å²) in [5.74, 6) is 0. The third-order valence-electron chi connectivity index (χ3n) is 2.78. The van der Waals surface area contributed by atoms with Crippen LogP contribution in [-0.4, -0.2) is 36.6 Å². The molecule has 1 heterocycles. The topological polar surface area (TPSA) is 72.9 Å². The molecule has 6 nitrogen and oxygen atoms in total. The second kappa shape index (κ2) is 3.84. The average Bonchev–Trinajstić information content (AvgIpc) is 2.55. The van der Waals surface area contributed by atoms with Crippen LogP contribution in [0.1, 0.15) is 40.0 Å². The van der Waals surface area contributed by atoms with Crippen molar-refractivity contribution >= 4 is 16.4 Å². The van der Waals surface area contributed by atoms with Crippen LogP contribution < -0.4 is 0 Å². The highest BCUT2D eigenvalue weighted by atomic mass is 32.2. The summed E-state index contributed by atoms with van der Waals surface area (Å²) in [4.78, 5) is 11.9. The van der Waals surface area contributed by atoms with E-state index in [9.17, 15) is 13.2 Å². The maximum absolute atomic E-state index is 11.9. The van der Waals surface area contributed by atoms with Gasteiger partial charge in [-0.2, -0.15) is 12.7 Å². The Balaban J connectivity index is 2.21. The minimum absolute atomic E-state index is 0.394. The predicted octanol–water partition coefficient (Wildman–Crippen LogP) is 1.42. The van der Waals surface area contributed by atoms with E-state index >= 15 is 0 Å². The van der Waals surface area contributed by atoms with Crippen LogP contribution in [0, 0.1) is 0 Å². The van der Waals surface area contributed by atoms with Crippen LogP contribution in [0.3, 0.4) is 0 Å². The Morgan fingerprint density at radius 3 is 2.59 bits per heavy atom. The minimum atomic E-state index is -3.96. The van der Waals surface area contributed by atoms with Gasteiger partial charge in [0.05, 0.1) is 6.04 Å². The molecular weight excluding hydrogens is 246 g/mol. The highest BCUT2D eigenvalue weighted by molar-refractivity contribution is 7.85. The Bertz CT molecular complexity index is 424. The summed E-state index contributed by atoms with van der Waals surface area (Å²) in [5.41, 5.74) is -0.719. The van der Waals surface area contributed by atoms with Crippen LogP contribution in [0.2, 0.25) is 0 Å². The number of hydrogen-bond donors (Lipinski definition) is 0. The number of carbonyl (C=O) groups excluding carboxylic acids is 1. The Morgan fingerprint density at radius 2 is 2.00 bits per heavy atom. The van der Waals surface area contributed by atoms with Gasteiger partial charge in [0, 0.05) is 0 Å². The van der Waals surface area contributed by atoms with Gasteiger partial charge < -0.3 is 4.74 Å². The molecule has 0 unspecified atom stereocenters. The summed E-state index contributed by atoms with van der Waals surface area (Å²) in [6, 6.07) is -0.394. The predicted molar refractivity (Wildman–Crippen MR) is 59.5 cm³/mol. The van der Waals surface area contributed by atoms with Crippen molar-refractivity contribution in [2.45, 2.75) is 57.8 Å². The van der Waals surface area contributed by atoms with Crippen LogP contribution >= 0.6 is 0 Å². The lowest BCUT2D eigenvalue weighted by atomic mass is 10.2. The van der Waals surface area contributed by atoms with E-state index in [1.807, 2.05) is 0 Å². The second-order valence-electron chi connectivity index (χ2n) is 5.37. The van der Waals surface area contributed by atoms with E-state index in [2.05, 4.69) is 0 Å². The van der Waals surface area contributed by atoms with E-state index in [0.717, 1.165) is 10.7 Å². The van der Waals surface area contributed by atoms with E-state index in [4.69, 9.17) is 8.92 Å². The normalized spacial score (nSPS) is 31.4. The number of rotatable bonds is 0. The third-order valence-corrected chi connectivity index (χ3v) is 4.17. The van der Waals surface area contributed by atoms with Gasteiger partial charge in [0.2, 0.25) is 0 Å². The molecule has 2 rings (SSSR count). The summed E-state index contributed by atoms with van der Waals surface area (Å²) in [6.45, 7) is 5.09. The molecule has 2 aliphatic rings. The first-order valence-corrected chi connectivity index (χ1v) is 7.03. The van der Waals surface area contributed by atoms with Gasteiger partial charge in [0.1, 0.15) is 11.7 Å². The highest BCUT2D eigenvalue weighted by Gasteiger charge is 2.52. The summed E-state index contributed by atoms with van der Waals surface area (Å²) in [6.07, 6.45) is 0.940. The van der Waals surface area contributed by atoms with Crippen LogP contribution in [0.4, 0.5) is 4.79 Å². The standard InChI is InChI=1S/C10H17NO5S/c1-10(2,3)15-9(12)11-7-5-4-6-8(7)16-17(11,13)14/h7-8H,4-6H2,1-3H3/t7-,8-/m0/s1. The first-order chi connectivity index (χ1) is 7.71. The summed E-state index contributed by atoms with van der Waals surface area (Å²) in [7, 11) is -3.96. The van der Waals surface area contributed by atoms with E-state index in [1.54, 1.807) is 20.8 Å². The fraction of sp³-hybridized carbons (Fsp3) is 0.900. The fourth-order valence-electron chi connectivity index (χ4n) is 2.19. The fourth-order valence-corrected chi connectivity index (χ4v) is 3.61. The molecule has 0 radical (unpaired) electrons. The Hall–Kier alpha value is -0.820. The van der Waals surface area contributed by atoms with Crippen molar-refractivity contribution in [3.63, 3.8) is 0 Å². The highest BCUT2D eigenvalue weighted by Crippen LogP contribution is 2.37. The summed E-state index contributed by atoms with van der Waals surface area (Å²) in [5, 5.41) is 0. The van der Waals surface area contributed by atoms with E-state index in [1.165, 1.54) is 0 Å². The molecule has 0 spiro atoms. The number of hydrogen-bond acceptors (Lipinski definition) is 5. The molecule has 1 aliphatic heterocycles. The molecule has 0 N–H and O–H groups in total. The monoisotopic (exact) mass is 263 g/mol. The first-order valence-electron chi connectivity index (χ1n) is 5.66. The molecule has 17 heavy (non-hydrogen) atoms. The zero-order valence-corrected chi connectivity index (χ0v) is 11.0. The molecule has 2 atom stereocenters. The summed E-state index contributed by atoms with van der Waals surface area (Å²) < 4.78 is 34.2. The van der Waals surface area contributed by atoms with Gasteiger partial charge in [-0.1, -0.05) is 0 Å². The maximum Gasteiger partial charge on any atom is 0.426 e. The third kappa shape index (κ3) is 2.40. The molecule has 2 fully saturated rings. The molecular formula is C10H17NO5S. The quantitative estimate of drug-likeness (QED) is 0.661. The van der Waals surface area contributed by atoms with Gasteiger partial charge >= 0.3 is 16.4 Å². The molecule has 7 heteroatoms. The van der Waals surface area contributed by atoms with E-state index in [0.29, 0.717) is 12.8 Å². The molecule has 1 aliphatic carbocycles. The van der Waals surface area contributed by atoms with Crippen LogP contribution in [0.25, 0.3) is 0 Å². The van der Waals surface area contributed by atoms with Crippen molar-refractivity contribution < 1.29 is 22.1 Å². The Morgan fingerprint density at radius 1 is 1.35 bits per heavy atom. The smallest absolute Gasteiger partial charge is 0.426 e. The van der Waals surface area contributed by atoms with Crippen molar-refractivity contribution in [3.05, 3.63) is 0 Å². The second-order valence-corrected chi connectivity index (χ2v) is 6.81. The summed E-state index contributed by atoms with van der Waals surface area (Å²) >= 11 is 0. The SMILES string of the molecule is CC(C)(C)OC(=O)N1[C@H]2CCC[C@@H]2OS1(=O)=O.